The molecule has 0 aromatic rings. The molecule has 0 aliphatic carbocycles. The second kappa shape index (κ2) is 20.8. The fourth-order valence-electron chi connectivity index (χ4n) is 3.80. The highest BCUT2D eigenvalue weighted by Gasteiger charge is 2.32. The lowest BCUT2D eigenvalue weighted by Crippen LogP contribution is -2.59. The van der Waals surface area contributed by atoms with Gasteiger partial charge in [-0.2, -0.15) is 0 Å². The number of nitrogens with one attached hydrogen (secondary N) is 4. The number of rotatable bonds is 22. The Morgan fingerprint density at radius 2 is 1.26 bits per heavy atom. The summed E-state index contributed by atoms with van der Waals surface area (Å²) in [7, 11) is 0. The van der Waals surface area contributed by atoms with Crippen molar-refractivity contribution in [1.82, 2.24) is 21.3 Å². The molecule has 4 amide bonds. The number of unbranched alkanes of at least 4 members (excludes halogenated alkanes) is 1. The van der Waals surface area contributed by atoms with E-state index in [1.165, 1.54) is 0 Å². The van der Waals surface area contributed by atoms with Crippen LogP contribution in [0.2, 0.25) is 0 Å². The van der Waals surface area contributed by atoms with Crippen LogP contribution >= 0.6 is 0 Å². The van der Waals surface area contributed by atoms with Gasteiger partial charge < -0.3 is 59.5 Å². The van der Waals surface area contributed by atoms with E-state index in [0.29, 0.717) is 19.4 Å². The van der Waals surface area contributed by atoms with E-state index in [1.807, 2.05) is 0 Å². The fraction of sp³-hybridized carbons (Fsp3) is 0.720. The largest absolute Gasteiger partial charge is 0.481 e. The molecule has 15 N–H and O–H groups in total. The highest BCUT2D eigenvalue weighted by molar-refractivity contribution is 5.95. The van der Waals surface area contributed by atoms with E-state index in [-0.39, 0.29) is 44.1 Å². The molecule has 0 saturated carbocycles. The minimum atomic E-state index is -1.55. The molecule has 246 valence electrons. The van der Waals surface area contributed by atoms with Crippen molar-refractivity contribution in [2.75, 3.05) is 19.7 Å². The fourth-order valence-corrected chi connectivity index (χ4v) is 3.80. The third-order valence-corrected chi connectivity index (χ3v) is 6.03. The van der Waals surface area contributed by atoms with Gasteiger partial charge in [-0.05, 0) is 51.0 Å². The third kappa shape index (κ3) is 16.9. The topological polar surface area (TPSA) is 328 Å². The van der Waals surface area contributed by atoms with Crippen molar-refractivity contribution in [3.8, 4) is 0 Å². The molecule has 0 aromatic heterocycles. The summed E-state index contributed by atoms with van der Waals surface area (Å²) < 4.78 is 0. The number of carbonyl (C=O) groups is 6. The number of aliphatic imine (C=N–C) groups is 1. The van der Waals surface area contributed by atoms with Gasteiger partial charge in [0.1, 0.15) is 24.2 Å². The number of carboxylic acid groups (broad SMARTS) is 2. The smallest absolute Gasteiger partial charge is 0.326 e. The second-order valence-electron chi connectivity index (χ2n) is 10.3. The van der Waals surface area contributed by atoms with Crippen LogP contribution in [0.25, 0.3) is 0 Å². The molecule has 0 rings (SSSR count). The Kier molecular flexibility index (Phi) is 18.8. The number of amides is 4. The molecule has 43 heavy (non-hydrogen) atoms. The first-order valence-electron chi connectivity index (χ1n) is 13.9. The lowest BCUT2D eigenvalue weighted by Gasteiger charge is -2.26. The zero-order valence-corrected chi connectivity index (χ0v) is 24.6. The number of guanidine groups is 1. The summed E-state index contributed by atoms with van der Waals surface area (Å²) in [5.74, 6) is -6.44. The first-order valence-corrected chi connectivity index (χ1v) is 13.9. The number of nitrogens with zero attached hydrogens (tertiary/aromatic N) is 1. The molecule has 0 fully saturated rings. The van der Waals surface area contributed by atoms with Gasteiger partial charge in [0.25, 0.3) is 0 Å². The Bertz CT molecular complexity index is 974. The van der Waals surface area contributed by atoms with Crippen molar-refractivity contribution in [2.24, 2.45) is 33.8 Å². The Balaban J connectivity index is 5.80. The number of carbonyl (C=O) groups excluding carboxylic acids is 4. The zero-order chi connectivity index (χ0) is 33.1. The van der Waals surface area contributed by atoms with E-state index in [9.17, 15) is 39.0 Å². The maximum absolute atomic E-state index is 13.2. The van der Waals surface area contributed by atoms with Crippen LogP contribution in [0.15, 0.2) is 4.99 Å². The molecule has 0 aliphatic heterocycles. The average molecular weight is 618 g/mol. The molecule has 5 atom stereocenters. The van der Waals surface area contributed by atoms with Gasteiger partial charge in [0.05, 0.1) is 19.1 Å². The Morgan fingerprint density at radius 1 is 0.744 bits per heavy atom. The molecule has 0 heterocycles. The van der Waals surface area contributed by atoms with Gasteiger partial charge in [-0.25, -0.2) is 4.79 Å². The van der Waals surface area contributed by atoms with Gasteiger partial charge in [0, 0.05) is 6.54 Å². The average Bonchev–Trinajstić information content (AvgIpc) is 2.91. The van der Waals surface area contributed by atoms with Gasteiger partial charge in [-0.15, -0.1) is 0 Å². The van der Waals surface area contributed by atoms with Crippen LogP contribution in [-0.2, 0) is 28.8 Å². The summed E-state index contributed by atoms with van der Waals surface area (Å²) in [6, 6.07) is -6.76. The van der Waals surface area contributed by atoms with Crippen molar-refractivity contribution in [3.63, 3.8) is 0 Å². The molecular weight excluding hydrogens is 570 g/mol. The second-order valence-corrected chi connectivity index (χ2v) is 10.3. The highest BCUT2D eigenvalue weighted by atomic mass is 16.4. The maximum Gasteiger partial charge on any atom is 0.326 e. The van der Waals surface area contributed by atoms with Crippen LogP contribution in [0.3, 0.4) is 0 Å². The van der Waals surface area contributed by atoms with Crippen molar-refractivity contribution in [1.29, 1.82) is 0 Å². The molecule has 0 bridgehead atoms. The van der Waals surface area contributed by atoms with Gasteiger partial charge in [-0.3, -0.25) is 29.0 Å². The monoisotopic (exact) mass is 617 g/mol. The highest BCUT2D eigenvalue weighted by Crippen LogP contribution is 2.08. The molecule has 0 radical (unpaired) electrons. The van der Waals surface area contributed by atoms with Gasteiger partial charge in [-0.1, -0.05) is 13.8 Å². The summed E-state index contributed by atoms with van der Waals surface area (Å²) in [5.41, 5.74) is 21.7. The van der Waals surface area contributed by atoms with Crippen LogP contribution in [0.1, 0.15) is 58.8 Å². The molecule has 0 spiro atoms. The predicted octanol–water partition coefficient (Wildman–Crippen LogP) is -3.97. The lowest BCUT2D eigenvalue weighted by molar-refractivity contribution is -0.143. The summed E-state index contributed by atoms with van der Waals surface area (Å²) in [4.78, 5) is 77.9. The standard InChI is InChI=1S/C25H47N9O9/c1-13(2)10-17(33-20(38)14(27)11-19(36)37)22(40)31-15(7-5-9-30-25(28)29)21(39)34-18(12-35)23(41)32-16(24(42)43)6-3-4-8-26/h13-18,35H,3-12,26-27H2,1-2H3,(H,31,40)(H,32,41)(H,33,38)(H,34,39)(H,36,37)(H,42,43)(H4,28,29,30)/t14-,15-,16-,17-,18-/m0/s1. The van der Waals surface area contributed by atoms with E-state index in [0.717, 1.165) is 0 Å². The SMILES string of the molecule is CC(C)C[C@H](NC(=O)[C@@H](N)CC(=O)O)C(=O)N[C@@H](CCCN=C(N)N)C(=O)N[C@@H](CO)C(=O)N[C@@H](CCCCN)C(=O)O. The normalized spacial score (nSPS) is 14.4. The van der Waals surface area contributed by atoms with Crippen LogP contribution < -0.4 is 44.2 Å². The number of hydrogen-bond donors (Lipinski definition) is 11. The third-order valence-electron chi connectivity index (χ3n) is 6.03. The van der Waals surface area contributed by atoms with Crippen LogP contribution in [-0.4, -0.2) is 107 Å². The molecular formula is C25H47N9O9. The first-order chi connectivity index (χ1) is 20.1. The molecule has 0 aliphatic rings. The van der Waals surface area contributed by atoms with Crippen molar-refractivity contribution in [3.05, 3.63) is 0 Å². The zero-order valence-electron chi connectivity index (χ0n) is 24.6. The molecule has 18 nitrogen and oxygen atoms in total. The number of aliphatic hydroxyl groups is 1. The van der Waals surface area contributed by atoms with Crippen LogP contribution in [0.5, 0.6) is 0 Å². The van der Waals surface area contributed by atoms with Crippen molar-refractivity contribution < 1.29 is 44.1 Å². The number of carboxylic acids is 2. The Labute approximate surface area is 249 Å². The Morgan fingerprint density at radius 3 is 1.77 bits per heavy atom. The van der Waals surface area contributed by atoms with Crippen molar-refractivity contribution >= 4 is 41.5 Å². The summed E-state index contributed by atoms with van der Waals surface area (Å²) in [6.07, 6.45) is 0.631. The maximum atomic E-state index is 13.2. The lowest BCUT2D eigenvalue weighted by atomic mass is 10.0. The predicted molar refractivity (Wildman–Crippen MR) is 155 cm³/mol. The van der Waals surface area contributed by atoms with Crippen LogP contribution in [0.4, 0.5) is 0 Å². The Hall–Kier alpha value is -4.03. The summed E-state index contributed by atoms with van der Waals surface area (Å²) in [5, 5.41) is 37.6. The number of nitrogens with two attached hydrogens (primary N) is 4. The summed E-state index contributed by atoms with van der Waals surface area (Å²) >= 11 is 0. The minimum Gasteiger partial charge on any atom is -0.481 e. The first kappa shape index (κ1) is 39.0. The van der Waals surface area contributed by atoms with Crippen molar-refractivity contribution in [2.45, 2.75) is 89.0 Å². The number of hydrogen-bond acceptors (Lipinski definition) is 10. The minimum absolute atomic E-state index is 0.0359. The molecule has 0 aromatic carbocycles. The molecule has 0 unspecified atom stereocenters. The van der Waals surface area contributed by atoms with Gasteiger partial charge >= 0.3 is 11.9 Å². The van der Waals surface area contributed by atoms with E-state index in [4.69, 9.17) is 28.0 Å². The van der Waals surface area contributed by atoms with Gasteiger partial charge in [0.2, 0.25) is 23.6 Å². The summed E-state index contributed by atoms with van der Waals surface area (Å²) in [6.45, 7) is 3.09. The van der Waals surface area contributed by atoms with E-state index < -0.39 is 78.8 Å². The van der Waals surface area contributed by atoms with Crippen LogP contribution in [0, 0.1) is 5.92 Å². The number of aliphatic hydroxyl groups excluding tert-OH is 1. The van der Waals surface area contributed by atoms with Gasteiger partial charge in [0.15, 0.2) is 5.96 Å². The quantitative estimate of drug-likeness (QED) is 0.0314. The number of aliphatic carboxylic acids is 2. The van der Waals surface area contributed by atoms with E-state index >= 15 is 0 Å². The van der Waals surface area contributed by atoms with E-state index in [2.05, 4.69) is 26.3 Å². The van der Waals surface area contributed by atoms with E-state index in [1.54, 1.807) is 13.8 Å². The molecule has 18 heteroatoms. The molecule has 0 saturated heterocycles.